The van der Waals surface area contributed by atoms with Gasteiger partial charge in [-0.2, -0.15) is 11.8 Å². The minimum atomic E-state index is -0.130. The van der Waals surface area contributed by atoms with E-state index in [9.17, 15) is 5.11 Å². The molecule has 0 aliphatic heterocycles. The van der Waals surface area contributed by atoms with Crippen LogP contribution >= 0.6 is 11.8 Å². The van der Waals surface area contributed by atoms with E-state index in [2.05, 4.69) is 27.7 Å². The molecule has 0 saturated heterocycles. The van der Waals surface area contributed by atoms with Gasteiger partial charge >= 0.3 is 0 Å². The van der Waals surface area contributed by atoms with Gasteiger partial charge in [-0.15, -0.1) is 0 Å². The van der Waals surface area contributed by atoms with Gasteiger partial charge in [-0.05, 0) is 24.5 Å². The number of rotatable bonds is 4. The van der Waals surface area contributed by atoms with Crippen molar-refractivity contribution in [3.63, 3.8) is 0 Å². The van der Waals surface area contributed by atoms with Gasteiger partial charge in [0.15, 0.2) is 0 Å². The van der Waals surface area contributed by atoms with Crippen LogP contribution in [0.15, 0.2) is 0 Å². The van der Waals surface area contributed by atoms with E-state index in [1.165, 1.54) is 32.1 Å². The Morgan fingerprint density at radius 3 is 1.94 bits per heavy atom. The lowest BCUT2D eigenvalue weighted by molar-refractivity contribution is 0.150. The molecule has 0 radical (unpaired) electrons. The van der Waals surface area contributed by atoms with E-state index in [1.807, 2.05) is 6.26 Å². The standard InChI is InChI=1S/C8H18OS.C7H14/c1-6(2)5-8(9)7(3)10-4;1-7-5-3-2-4-6-7/h6-9H,5H2,1-4H3;7H,2-6H2,1H3. The van der Waals surface area contributed by atoms with Gasteiger partial charge in [-0.1, -0.05) is 59.8 Å². The third-order valence-electron chi connectivity index (χ3n) is 3.52. The van der Waals surface area contributed by atoms with Crippen LogP contribution in [-0.2, 0) is 0 Å². The maximum absolute atomic E-state index is 9.47. The Kier molecular flexibility index (Phi) is 10.4. The van der Waals surface area contributed by atoms with Crippen LogP contribution in [0.5, 0.6) is 0 Å². The number of aliphatic hydroxyl groups excluding tert-OH is 1. The molecule has 1 nitrogen and oxygen atoms in total. The number of thioether (sulfide) groups is 1. The number of aliphatic hydroxyl groups is 1. The van der Waals surface area contributed by atoms with Crippen LogP contribution in [0.1, 0.15) is 66.2 Å². The SMILES string of the molecule is CC1CCCCC1.CSC(C)C(O)CC(C)C. The quantitative estimate of drug-likeness (QED) is 0.788. The lowest BCUT2D eigenvalue weighted by Crippen LogP contribution is -2.21. The first-order chi connectivity index (χ1) is 7.97. The van der Waals surface area contributed by atoms with Gasteiger partial charge in [0.25, 0.3) is 0 Å². The van der Waals surface area contributed by atoms with Crippen LogP contribution < -0.4 is 0 Å². The molecule has 1 N–H and O–H groups in total. The van der Waals surface area contributed by atoms with Crippen LogP contribution in [0.25, 0.3) is 0 Å². The summed E-state index contributed by atoms with van der Waals surface area (Å²) in [5, 5.41) is 9.84. The molecule has 1 aliphatic rings. The number of hydrogen-bond acceptors (Lipinski definition) is 2. The molecule has 104 valence electrons. The molecule has 0 spiro atoms. The molecule has 0 aromatic carbocycles. The molecule has 1 fully saturated rings. The molecule has 1 aliphatic carbocycles. The highest BCUT2D eigenvalue weighted by molar-refractivity contribution is 7.99. The molecule has 0 aromatic heterocycles. The van der Waals surface area contributed by atoms with E-state index < -0.39 is 0 Å². The van der Waals surface area contributed by atoms with Crippen LogP contribution in [0.4, 0.5) is 0 Å². The molecule has 17 heavy (non-hydrogen) atoms. The molecular formula is C15H32OS. The predicted molar refractivity (Wildman–Crippen MR) is 80.7 cm³/mol. The summed E-state index contributed by atoms with van der Waals surface area (Å²) >= 11 is 1.72. The summed E-state index contributed by atoms with van der Waals surface area (Å²) < 4.78 is 0. The summed E-state index contributed by atoms with van der Waals surface area (Å²) in [6, 6.07) is 0. The molecule has 1 saturated carbocycles. The molecule has 2 heteroatoms. The largest absolute Gasteiger partial charge is 0.392 e. The van der Waals surface area contributed by atoms with E-state index in [0.29, 0.717) is 11.2 Å². The van der Waals surface area contributed by atoms with Gasteiger partial charge in [-0.25, -0.2) is 0 Å². The molecule has 2 atom stereocenters. The number of hydrogen-bond donors (Lipinski definition) is 1. The Morgan fingerprint density at radius 1 is 1.12 bits per heavy atom. The second kappa shape index (κ2) is 10.3. The van der Waals surface area contributed by atoms with Crippen molar-refractivity contribution < 1.29 is 5.11 Å². The van der Waals surface area contributed by atoms with Crippen molar-refractivity contribution >= 4 is 11.8 Å². The second-order valence-corrected chi connectivity index (χ2v) is 7.10. The Labute approximate surface area is 113 Å². The first-order valence-corrected chi connectivity index (χ1v) is 8.47. The summed E-state index contributed by atoms with van der Waals surface area (Å²) in [5.41, 5.74) is 0. The zero-order valence-corrected chi connectivity index (χ0v) is 13.2. The second-order valence-electron chi connectivity index (χ2n) is 5.88. The van der Waals surface area contributed by atoms with Gasteiger partial charge < -0.3 is 5.11 Å². The summed E-state index contributed by atoms with van der Waals surface area (Å²) in [4.78, 5) is 0. The summed E-state index contributed by atoms with van der Waals surface area (Å²) in [7, 11) is 0. The molecule has 0 aromatic rings. The Hall–Kier alpha value is 0.310. The van der Waals surface area contributed by atoms with E-state index in [1.54, 1.807) is 11.8 Å². The zero-order valence-electron chi connectivity index (χ0n) is 12.4. The fourth-order valence-corrected chi connectivity index (χ4v) is 2.56. The first-order valence-electron chi connectivity index (χ1n) is 7.18. The van der Waals surface area contributed by atoms with E-state index >= 15 is 0 Å². The minimum absolute atomic E-state index is 0.130. The van der Waals surface area contributed by atoms with Crippen molar-refractivity contribution in [2.24, 2.45) is 11.8 Å². The average Bonchev–Trinajstić information content (AvgIpc) is 2.29. The van der Waals surface area contributed by atoms with Crippen molar-refractivity contribution in [1.29, 1.82) is 0 Å². The van der Waals surface area contributed by atoms with Crippen LogP contribution in [0.2, 0.25) is 0 Å². The van der Waals surface area contributed by atoms with Gasteiger partial charge in [0, 0.05) is 5.25 Å². The lowest BCUT2D eigenvalue weighted by Gasteiger charge is -2.18. The van der Waals surface area contributed by atoms with Crippen molar-refractivity contribution in [3.8, 4) is 0 Å². The fourth-order valence-electron chi connectivity index (χ4n) is 2.14. The Morgan fingerprint density at radius 2 is 1.65 bits per heavy atom. The lowest BCUT2D eigenvalue weighted by atomic mass is 9.91. The molecule has 2 unspecified atom stereocenters. The summed E-state index contributed by atoms with van der Waals surface area (Å²) in [6.07, 6.45) is 10.3. The predicted octanol–water partition coefficient (Wildman–Crippen LogP) is 4.73. The zero-order chi connectivity index (χ0) is 13.3. The normalized spacial score (nSPS) is 20.6. The molecule has 0 heterocycles. The van der Waals surface area contributed by atoms with Crippen LogP contribution in [0.3, 0.4) is 0 Å². The van der Waals surface area contributed by atoms with E-state index in [4.69, 9.17) is 0 Å². The highest BCUT2D eigenvalue weighted by atomic mass is 32.2. The van der Waals surface area contributed by atoms with Gasteiger partial charge in [0.1, 0.15) is 0 Å². The Bertz CT molecular complexity index is 164. The molecule has 0 bridgehead atoms. The van der Waals surface area contributed by atoms with Crippen LogP contribution in [0, 0.1) is 11.8 Å². The van der Waals surface area contributed by atoms with Gasteiger partial charge in [0.05, 0.1) is 6.10 Å². The topological polar surface area (TPSA) is 20.2 Å². The third kappa shape index (κ3) is 9.96. The highest BCUT2D eigenvalue weighted by Gasteiger charge is 2.13. The molecule has 0 amide bonds. The van der Waals surface area contributed by atoms with Crippen molar-refractivity contribution in [2.75, 3.05) is 6.26 Å². The van der Waals surface area contributed by atoms with Crippen molar-refractivity contribution in [2.45, 2.75) is 77.6 Å². The van der Waals surface area contributed by atoms with E-state index in [0.717, 1.165) is 12.3 Å². The fraction of sp³-hybridized carbons (Fsp3) is 1.00. The Balaban J connectivity index is 0.000000318. The highest BCUT2D eigenvalue weighted by Crippen LogP contribution is 2.22. The summed E-state index contributed by atoms with van der Waals surface area (Å²) in [5.74, 6) is 1.64. The van der Waals surface area contributed by atoms with E-state index in [-0.39, 0.29) is 6.10 Å². The monoisotopic (exact) mass is 260 g/mol. The summed E-state index contributed by atoms with van der Waals surface area (Å²) in [6.45, 7) is 8.70. The smallest absolute Gasteiger partial charge is 0.0658 e. The minimum Gasteiger partial charge on any atom is -0.392 e. The van der Waals surface area contributed by atoms with Gasteiger partial charge in [0.2, 0.25) is 0 Å². The van der Waals surface area contributed by atoms with Crippen LogP contribution in [-0.4, -0.2) is 22.7 Å². The molecular weight excluding hydrogens is 228 g/mol. The van der Waals surface area contributed by atoms with Gasteiger partial charge in [-0.3, -0.25) is 0 Å². The maximum Gasteiger partial charge on any atom is 0.0658 e. The molecule has 1 rings (SSSR count). The maximum atomic E-state index is 9.47. The first kappa shape index (κ1) is 17.3. The van der Waals surface area contributed by atoms with Crippen molar-refractivity contribution in [3.05, 3.63) is 0 Å². The average molecular weight is 260 g/mol. The third-order valence-corrected chi connectivity index (χ3v) is 4.58. The van der Waals surface area contributed by atoms with Crippen molar-refractivity contribution in [1.82, 2.24) is 0 Å².